The highest BCUT2D eigenvalue weighted by Crippen LogP contribution is 2.22. The van der Waals surface area contributed by atoms with Crippen LogP contribution in [-0.4, -0.2) is 43.0 Å². The summed E-state index contributed by atoms with van der Waals surface area (Å²) >= 11 is 0. The number of rotatable bonds is 7. The van der Waals surface area contributed by atoms with E-state index in [1.54, 1.807) is 25.1 Å². The van der Waals surface area contributed by atoms with Crippen LogP contribution in [-0.2, 0) is 9.59 Å². The Morgan fingerprint density at radius 1 is 1.36 bits per heavy atom. The van der Waals surface area contributed by atoms with Gasteiger partial charge in [0.2, 0.25) is 11.8 Å². The number of anilines is 1. The molecule has 0 saturated heterocycles. The van der Waals surface area contributed by atoms with Crippen LogP contribution in [0.2, 0.25) is 0 Å². The van der Waals surface area contributed by atoms with Crippen molar-refractivity contribution in [3.05, 3.63) is 24.3 Å². The van der Waals surface area contributed by atoms with Crippen molar-refractivity contribution in [1.82, 2.24) is 4.90 Å². The third-order valence-corrected chi connectivity index (χ3v) is 2.91. The average Bonchev–Trinajstić information content (AvgIpc) is 2.46. The van der Waals surface area contributed by atoms with E-state index in [0.29, 0.717) is 18.0 Å². The summed E-state index contributed by atoms with van der Waals surface area (Å²) in [5.41, 5.74) is 6.18. The van der Waals surface area contributed by atoms with E-state index in [1.807, 2.05) is 13.0 Å². The van der Waals surface area contributed by atoms with Gasteiger partial charge in [-0.15, -0.1) is 12.4 Å². The largest absolute Gasteiger partial charge is 0.495 e. The van der Waals surface area contributed by atoms with Gasteiger partial charge in [0.15, 0.2) is 0 Å². The van der Waals surface area contributed by atoms with Gasteiger partial charge in [0.1, 0.15) is 5.75 Å². The van der Waals surface area contributed by atoms with Crippen molar-refractivity contribution in [2.75, 3.05) is 25.5 Å². The molecule has 0 heterocycles. The van der Waals surface area contributed by atoms with Crippen LogP contribution in [0, 0.1) is 0 Å². The molecule has 1 atom stereocenters. The van der Waals surface area contributed by atoms with Crippen molar-refractivity contribution in [2.24, 2.45) is 5.73 Å². The lowest BCUT2D eigenvalue weighted by Crippen LogP contribution is -2.45. The molecular formula is C15H24ClN3O3. The van der Waals surface area contributed by atoms with Crippen molar-refractivity contribution >= 4 is 29.9 Å². The van der Waals surface area contributed by atoms with Gasteiger partial charge in [0, 0.05) is 6.54 Å². The summed E-state index contributed by atoms with van der Waals surface area (Å²) in [5.74, 6) is 0.0698. The van der Waals surface area contributed by atoms with E-state index in [0.717, 1.165) is 6.42 Å². The number of methoxy groups -OCH3 is 1. The Kier molecular flexibility index (Phi) is 9.21. The molecule has 0 saturated carbocycles. The van der Waals surface area contributed by atoms with Gasteiger partial charge in [-0.25, -0.2) is 0 Å². The summed E-state index contributed by atoms with van der Waals surface area (Å²) in [6.07, 6.45) is 0.764. The van der Waals surface area contributed by atoms with E-state index < -0.39 is 6.04 Å². The van der Waals surface area contributed by atoms with E-state index in [1.165, 1.54) is 12.0 Å². The number of hydrogen-bond donors (Lipinski definition) is 2. The number of carbonyl (C=O) groups excluding carboxylic acids is 2. The molecule has 0 aromatic heterocycles. The molecule has 2 amide bonds. The normalized spacial score (nSPS) is 11.1. The Bertz CT molecular complexity index is 495. The Hall–Kier alpha value is -1.79. The Balaban J connectivity index is 0.00000441. The molecule has 0 spiro atoms. The summed E-state index contributed by atoms with van der Waals surface area (Å²) in [4.78, 5) is 25.5. The smallest absolute Gasteiger partial charge is 0.244 e. The number of nitrogens with one attached hydrogen (secondary N) is 1. The van der Waals surface area contributed by atoms with Crippen LogP contribution in [0.3, 0.4) is 0 Å². The molecule has 6 nitrogen and oxygen atoms in total. The molecule has 0 unspecified atom stereocenters. The van der Waals surface area contributed by atoms with E-state index in [4.69, 9.17) is 10.5 Å². The lowest BCUT2D eigenvalue weighted by Gasteiger charge is -2.23. The molecule has 22 heavy (non-hydrogen) atoms. The van der Waals surface area contributed by atoms with Crippen molar-refractivity contribution in [3.63, 3.8) is 0 Å². The number of benzene rings is 1. The quantitative estimate of drug-likeness (QED) is 0.796. The first-order valence-corrected chi connectivity index (χ1v) is 6.96. The summed E-state index contributed by atoms with van der Waals surface area (Å²) < 4.78 is 5.17. The highest BCUT2D eigenvalue weighted by molar-refractivity contribution is 5.96. The Labute approximate surface area is 137 Å². The lowest BCUT2D eigenvalue weighted by atomic mass is 10.2. The lowest BCUT2D eigenvalue weighted by molar-refractivity contribution is -0.135. The minimum absolute atomic E-state index is 0. The topological polar surface area (TPSA) is 84.7 Å². The van der Waals surface area contributed by atoms with Crippen LogP contribution in [0.4, 0.5) is 5.69 Å². The highest BCUT2D eigenvalue weighted by Gasteiger charge is 2.19. The predicted octanol–water partition coefficient (Wildman–Crippen LogP) is 1.64. The second kappa shape index (κ2) is 10.0. The molecule has 0 aliphatic heterocycles. The van der Waals surface area contributed by atoms with Gasteiger partial charge in [-0.3, -0.25) is 9.59 Å². The molecular weight excluding hydrogens is 306 g/mol. The number of carbonyl (C=O) groups is 2. The third kappa shape index (κ3) is 5.91. The minimum Gasteiger partial charge on any atom is -0.495 e. The first-order valence-electron chi connectivity index (χ1n) is 6.96. The Morgan fingerprint density at radius 2 is 2.00 bits per heavy atom. The van der Waals surface area contributed by atoms with Crippen molar-refractivity contribution < 1.29 is 14.3 Å². The second-order valence-corrected chi connectivity index (χ2v) is 4.80. The van der Waals surface area contributed by atoms with Crippen LogP contribution in [0.25, 0.3) is 0 Å². The van der Waals surface area contributed by atoms with E-state index >= 15 is 0 Å². The van der Waals surface area contributed by atoms with Gasteiger partial charge in [0.25, 0.3) is 0 Å². The molecule has 1 aromatic rings. The molecule has 0 radical (unpaired) electrons. The summed E-state index contributed by atoms with van der Waals surface area (Å²) in [6.45, 7) is 4.04. The fourth-order valence-corrected chi connectivity index (χ4v) is 1.94. The van der Waals surface area contributed by atoms with Crippen LogP contribution >= 0.6 is 12.4 Å². The van der Waals surface area contributed by atoms with Crippen molar-refractivity contribution in [1.29, 1.82) is 0 Å². The number of nitrogens with zero attached hydrogens (tertiary/aromatic N) is 1. The summed E-state index contributed by atoms with van der Waals surface area (Å²) in [6, 6.07) is 6.50. The SMILES string of the molecule is CCCN(CC(=O)Nc1ccccc1OC)C(=O)[C@H](C)N.Cl. The molecule has 0 aliphatic carbocycles. The van der Waals surface area contributed by atoms with E-state index in [2.05, 4.69) is 5.32 Å². The maximum atomic E-state index is 12.1. The van der Waals surface area contributed by atoms with Gasteiger partial charge in [-0.1, -0.05) is 19.1 Å². The number of nitrogens with two attached hydrogens (primary N) is 1. The number of halogens is 1. The standard InChI is InChI=1S/C15H23N3O3.ClH/c1-4-9-18(15(20)11(2)16)10-14(19)17-12-7-5-6-8-13(12)21-3;/h5-8,11H,4,9-10,16H2,1-3H3,(H,17,19);1H/t11-;/m0./s1. The molecule has 0 aliphatic rings. The summed E-state index contributed by atoms with van der Waals surface area (Å²) in [5, 5.41) is 2.75. The van der Waals surface area contributed by atoms with Crippen LogP contribution in [0.15, 0.2) is 24.3 Å². The number of ether oxygens (including phenoxy) is 1. The maximum absolute atomic E-state index is 12.1. The monoisotopic (exact) mass is 329 g/mol. The van der Waals surface area contributed by atoms with Gasteiger partial charge in [-0.2, -0.15) is 0 Å². The molecule has 7 heteroatoms. The van der Waals surface area contributed by atoms with Gasteiger partial charge in [0.05, 0.1) is 25.4 Å². The number of amides is 2. The highest BCUT2D eigenvalue weighted by atomic mass is 35.5. The molecule has 0 fully saturated rings. The number of hydrogen-bond acceptors (Lipinski definition) is 4. The Morgan fingerprint density at radius 3 is 2.55 bits per heavy atom. The number of para-hydroxylation sites is 2. The summed E-state index contributed by atoms with van der Waals surface area (Å²) in [7, 11) is 1.54. The average molecular weight is 330 g/mol. The predicted molar refractivity (Wildman–Crippen MR) is 89.4 cm³/mol. The zero-order valence-corrected chi connectivity index (χ0v) is 14.0. The second-order valence-electron chi connectivity index (χ2n) is 4.80. The van der Waals surface area contributed by atoms with Gasteiger partial charge < -0.3 is 20.7 Å². The molecule has 1 aromatic carbocycles. The van der Waals surface area contributed by atoms with Crippen LogP contribution < -0.4 is 15.8 Å². The first-order chi connectivity index (χ1) is 9.99. The zero-order chi connectivity index (χ0) is 15.8. The minimum atomic E-state index is -0.615. The van der Waals surface area contributed by atoms with E-state index in [-0.39, 0.29) is 30.8 Å². The zero-order valence-electron chi connectivity index (χ0n) is 13.2. The molecule has 124 valence electrons. The molecule has 1 rings (SSSR count). The third-order valence-electron chi connectivity index (χ3n) is 2.91. The van der Waals surface area contributed by atoms with Crippen LogP contribution in [0.1, 0.15) is 20.3 Å². The maximum Gasteiger partial charge on any atom is 0.244 e. The molecule has 0 bridgehead atoms. The fraction of sp³-hybridized carbons (Fsp3) is 0.467. The molecule has 3 N–H and O–H groups in total. The van der Waals surface area contributed by atoms with Crippen LogP contribution in [0.5, 0.6) is 5.75 Å². The van der Waals surface area contributed by atoms with Crippen molar-refractivity contribution in [3.8, 4) is 5.75 Å². The van der Waals surface area contributed by atoms with E-state index in [9.17, 15) is 9.59 Å². The fourth-order valence-electron chi connectivity index (χ4n) is 1.94. The van der Waals surface area contributed by atoms with Gasteiger partial charge in [-0.05, 0) is 25.5 Å². The van der Waals surface area contributed by atoms with Crippen molar-refractivity contribution in [2.45, 2.75) is 26.3 Å². The first kappa shape index (κ1) is 20.2. The van der Waals surface area contributed by atoms with Gasteiger partial charge >= 0.3 is 0 Å².